The standard InChI is InChI=1S/C18H30N4OS.HI/c1-5-19-17(22(4)12-15-8-11-24-13-15)20-14-18(9-6-7-10-18)16(23)21(2)3;/h8,11,13H,5-7,9-10,12,14H2,1-4H3,(H,19,20);1H. The summed E-state index contributed by atoms with van der Waals surface area (Å²) in [5.41, 5.74) is 0.973. The highest BCUT2D eigenvalue weighted by atomic mass is 127. The molecule has 1 N–H and O–H groups in total. The Morgan fingerprint density at radius 3 is 2.52 bits per heavy atom. The van der Waals surface area contributed by atoms with Crippen LogP contribution in [0.2, 0.25) is 0 Å². The van der Waals surface area contributed by atoms with Gasteiger partial charge in [0.1, 0.15) is 0 Å². The third kappa shape index (κ3) is 5.84. The minimum atomic E-state index is -0.312. The minimum Gasteiger partial charge on any atom is -0.357 e. The van der Waals surface area contributed by atoms with Gasteiger partial charge in [0.05, 0.1) is 12.0 Å². The fourth-order valence-electron chi connectivity index (χ4n) is 3.39. The molecule has 1 aromatic heterocycles. The van der Waals surface area contributed by atoms with Crippen molar-refractivity contribution in [2.75, 3.05) is 34.2 Å². The first-order valence-corrected chi connectivity index (χ1v) is 9.65. The minimum absolute atomic E-state index is 0. The molecule has 1 amide bonds. The predicted octanol–water partition coefficient (Wildman–Crippen LogP) is 3.41. The van der Waals surface area contributed by atoms with Gasteiger partial charge in [-0.25, -0.2) is 0 Å². The molecule has 142 valence electrons. The number of carbonyl (C=O) groups excluding carboxylic acids is 1. The van der Waals surface area contributed by atoms with E-state index in [9.17, 15) is 4.79 Å². The fourth-order valence-corrected chi connectivity index (χ4v) is 4.05. The Kier molecular flexibility index (Phi) is 9.20. The van der Waals surface area contributed by atoms with Gasteiger partial charge >= 0.3 is 0 Å². The van der Waals surface area contributed by atoms with Crippen LogP contribution in [0.3, 0.4) is 0 Å². The maximum atomic E-state index is 12.7. The first-order chi connectivity index (χ1) is 11.5. The van der Waals surface area contributed by atoms with Crippen LogP contribution in [0.15, 0.2) is 21.8 Å². The second-order valence-electron chi connectivity index (χ2n) is 6.84. The van der Waals surface area contributed by atoms with Crippen molar-refractivity contribution < 1.29 is 4.79 Å². The highest BCUT2D eigenvalue weighted by Crippen LogP contribution is 2.39. The van der Waals surface area contributed by atoms with Crippen LogP contribution in [-0.4, -0.2) is 55.9 Å². The molecule has 0 aliphatic heterocycles. The lowest BCUT2D eigenvalue weighted by Gasteiger charge is -2.30. The average molecular weight is 478 g/mol. The van der Waals surface area contributed by atoms with E-state index in [1.54, 1.807) is 16.2 Å². The smallest absolute Gasteiger partial charge is 0.230 e. The van der Waals surface area contributed by atoms with E-state index in [1.165, 1.54) is 5.56 Å². The fraction of sp³-hybridized carbons (Fsp3) is 0.667. The molecule has 25 heavy (non-hydrogen) atoms. The van der Waals surface area contributed by atoms with Gasteiger partial charge in [-0.05, 0) is 42.2 Å². The molecule has 0 saturated heterocycles. The molecule has 1 fully saturated rings. The molecule has 5 nitrogen and oxygen atoms in total. The summed E-state index contributed by atoms with van der Waals surface area (Å²) in [6.07, 6.45) is 4.13. The lowest BCUT2D eigenvalue weighted by atomic mass is 9.85. The predicted molar refractivity (Wildman–Crippen MR) is 117 cm³/mol. The van der Waals surface area contributed by atoms with Crippen molar-refractivity contribution >= 4 is 47.2 Å². The number of hydrogen-bond donors (Lipinski definition) is 1. The highest BCUT2D eigenvalue weighted by molar-refractivity contribution is 14.0. The van der Waals surface area contributed by atoms with Crippen LogP contribution in [0.4, 0.5) is 0 Å². The van der Waals surface area contributed by atoms with E-state index in [0.29, 0.717) is 6.54 Å². The van der Waals surface area contributed by atoms with Crippen LogP contribution < -0.4 is 5.32 Å². The summed E-state index contributed by atoms with van der Waals surface area (Å²) in [5, 5.41) is 7.61. The molecule has 1 aromatic rings. The van der Waals surface area contributed by atoms with Gasteiger partial charge < -0.3 is 15.1 Å². The Morgan fingerprint density at radius 1 is 1.32 bits per heavy atom. The number of amides is 1. The zero-order chi connectivity index (χ0) is 17.6. The molecule has 0 unspecified atom stereocenters. The first kappa shape index (κ1) is 22.2. The van der Waals surface area contributed by atoms with Gasteiger partial charge in [0.2, 0.25) is 5.91 Å². The van der Waals surface area contributed by atoms with E-state index in [4.69, 9.17) is 4.99 Å². The Balaban J connectivity index is 0.00000312. The van der Waals surface area contributed by atoms with E-state index in [1.807, 2.05) is 21.1 Å². The van der Waals surface area contributed by atoms with E-state index >= 15 is 0 Å². The number of rotatable bonds is 6. The molecule has 0 radical (unpaired) electrons. The molecule has 0 aromatic carbocycles. The summed E-state index contributed by atoms with van der Waals surface area (Å²) < 4.78 is 0. The molecule has 1 saturated carbocycles. The van der Waals surface area contributed by atoms with Gasteiger partial charge in [-0.2, -0.15) is 11.3 Å². The molecular formula is C18H31IN4OS. The molecule has 1 heterocycles. The van der Waals surface area contributed by atoms with Crippen molar-refractivity contribution in [1.82, 2.24) is 15.1 Å². The van der Waals surface area contributed by atoms with Crippen LogP contribution in [0.1, 0.15) is 38.2 Å². The summed E-state index contributed by atoms with van der Waals surface area (Å²) in [7, 11) is 5.74. The van der Waals surface area contributed by atoms with Crippen LogP contribution in [0.5, 0.6) is 0 Å². The van der Waals surface area contributed by atoms with Gasteiger partial charge in [0, 0.05) is 34.2 Å². The van der Waals surface area contributed by atoms with Gasteiger partial charge in [-0.3, -0.25) is 9.79 Å². The van der Waals surface area contributed by atoms with Crippen LogP contribution in [-0.2, 0) is 11.3 Å². The van der Waals surface area contributed by atoms with Crippen molar-refractivity contribution in [2.45, 2.75) is 39.2 Å². The SMILES string of the molecule is CCNC(=NCC1(C(=O)N(C)C)CCCC1)N(C)Cc1ccsc1.I. The average Bonchev–Trinajstić information content (AvgIpc) is 3.22. The summed E-state index contributed by atoms with van der Waals surface area (Å²) in [6, 6.07) is 2.14. The topological polar surface area (TPSA) is 47.9 Å². The molecular weight excluding hydrogens is 447 g/mol. The van der Waals surface area contributed by atoms with E-state index in [0.717, 1.165) is 44.7 Å². The van der Waals surface area contributed by atoms with E-state index in [-0.39, 0.29) is 35.3 Å². The van der Waals surface area contributed by atoms with E-state index in [2.05, 4.69) is 34.0 Å². The second-order valence-corrected chi connectivity index (χ2v) is 7.62. The molecule has 2 rings (SSSR count). The number of nitrogens with one attached hydrogen (secondary N) is 1. The van der Waals surface area contributed by atoms with Crippen molar-refractivity contribution in [3.63, 3.8) is 0 Å². The molecule has 7 heteroatoms. The van der Waals surface area contributed by atoms with Crippen LogP contribution >= 0.6 is 35.3 Å². The maximum Gasteiger partial charge on any atom is 0.230 e. The number of nitrogens with zero attached hydrogens (tertiary/aromatic N) is 3. The normalized spacial score (nSPS) is 16.2. The monoisotopic (exact) mass is 478 g/mol. The van der Waals surface area contributed by atoms with Crippen molar-refractivity contribution in [3.05, 3.63) is 22.4 Å². The summed E-state index contributed by atoms with van der Waals surface area (Å²) in [6.45, 7) is 4.29. The molecule has 1 aliphatic carbocycles. The summed E-state index contributed by atoms with van der Waals surface area (Å²) >= 11 is 1.71. The molecule has 0 bridgehead atoms. The number of aliphatic imine (C=N–C) groups is 1. The van der Waals surface area contributed by atoms with Crippen molar-refractivity contribution in [3.8, 4) is 0 Å². The first-order valence-electron chi connectivity index (χ1n) is 8.71. The van der Waals surface area contributed by atoms with Crippen molar-refractivity contribution in [2.24, 2.45) is 10.4 Å². The zero-order valence-corrected chi connectivity index (χ0v) is 18.9. The largest absolute Gasteiger partial charge is 0.357 e. The summed E-state index contributed by atoms with van der Waals surface area (Å²) in [4.78, 5) is 21.4. The number of guanidine groups is 1. The Labute approximate surface area is 172 Å². The van der Waals surface area contributed by atoms with Gasteiger partial charge in [-0.15, -0.1) is 24.0 Å². The number of hydrogen-bond acceptors (Lipinski definition) is 3. The van der Waals surface area contributed by atoms with Gasteiger partial charge in [0.25, 0.3) is 0 Å². The molecule has 1 aliphatic rings. The number of halogens is 1. The van der Waals surface area contributed by atoms with Crippen LogP contribution in [0.25, 0.3) is 0 Å². The lowest BCUT2D eigenvalue weighted by Crippen LogP contribution is -2.43. The Bertz CT molecular complexity index is 553. The second kappa shape index (κ2) is 10.4. The van der Waals surface area contributed by atoms with Gasteiger partial charge in [0.15, 0.2) is 5.96 Å². The number of thiophene rings is 1. The van der Waals surface area contributed by atoms with Crippen molar-refractivity contribution in [1.29, 1.82) is 0 Å². The summed E-state index contributed by atoms with van der Waals surface area (Å²) in [5.74, 6) is 1.10. The Morgan fingerprint density at radius 2 is 2.00 bits per heavy atom. The molecule has 0 atom stereocenters. The quantitative estimate of drug-likeness (QED) is 0.387. The zero-order valence-electron chi connectivity index (χ0n) is 15.7. The highest BCUT2D eigenvalue weighted by Gasteiger charge is 2.42. The van der Waals surface area contributed by atoms with Gasteiger partial charge in [-0.1, -0.05) is 12.8 Å². The van der Waals surface area contributed by atoms with E-state index < -0.39 is 0 Å². The third-order valence-electron chi connectivity index (χ3n) is 4.65. The lowest BCUT2D eigenvalue weighted by molar-refractivity contribution is -0.138. The number of carbonyl (C=O) groups is 1. The third-order valence-corrected chi connectivity index (χ3v) is 5.38. The molecule has 0 spiro atoms. The Hall–Kier alpha value is -0.830. The maximum absolute atomic E-state index is 12.7. The van der Waals surface area contributed by atoms with Crippen LogP contribution in [0, 0.1) is 5.41 Å².